The molecule has 4 rings (SSSR count). The third kappa shape index (κ3) is 3.05. The normalized spacial score (nSPS) is 24.8. The summed E-state index contributed by atoms with van der Waals surface area (Å²) in [5, 5.41) is 0.647. The van der Waals surface area contributed by atoms with Gasteiger partial charge >= 0.3 is 0 Å². The van der Waals surface area contributed by atoms with Crippen LogP contribution in [0.3, 0.4) is 0 Å². The molecule has 2 aromatic rings. The Hall–Kier alpha value is -2.13. The summed E-state index contributed by atoms with van der Waals surface area (Å²) in [5.41, 5.74) is 1.87. The number of carbonyl (C=O) groups is 2. The van der Waals surface area contributed by atoms with Crippen molar-refractivity contribution >= 4 is 23.2 Å². The van der Waals surface area contributed by atoms with Crippen LogP contribution < -0.4 is 4.74 Å². The van der Waals surface area contributed by atoms with E-state index in [0.29, 0.717) is 16.5 Å². The molecule has 4 heteroatoms. The van der Waals surface area contributed by atoms with Gasteiger partial charge in [0.15, 0.2) is 11.6 Å². The van der Waals surface area contributed by atoms with Gasteiger partial charge in [0, 0.05) is 16.9 Å². The van der Waals surface area contributed by atoms with Gasteiger partial charge < -0.3 is 4.74 Å². The lowest BCUT2D eigenvalue weighted by Gasteiger charge is -2.27. The highest BCUT2D eigenvalue weighted by atomic mass is 35.5. The largest absolute Gasteiger partial charge is 0.457 e. The average molecular weight is 369 g/mol. The summed E-state index contributed by atoms with van der Waals surface area (Å²) in [6, 6.07) is 12.9. The van der Waals surface area contributed by atoms with Crippen molar-refractivity contribution in [3.63, 3.8) is 0 Å². The van der Waals surface area contributed by atoms with Crippen LogP contribution in [-0.4, -0.2) is 11.6 Å². The van der Waals surface area contributed by atoms with E-state index in [1.165, 1.54) is 0 Å². The second-order valence-electron chi connectivity index (χ2n) is 7.21. The molecule has 0 heterocycles. The van der Waals surface area contributed by atoms with Crippen LogP contribution in [0.5, 0.6) is 11.5 Å². The number of hydrogen-bond donors (Lipinski definition) is 0. The second-order valence-corrected chi connectivity index (χ2v) is 7.65. The molecule has 2 aromatic carbocycles. The van der Waals surface area contributed by atoms with Crippen molar-refractivity contribution in [3.05, 3.63) is 58.6 Å². The minimum absolute atomic E-state index is 0.0493. The van der Waals surface area contributed by atoms with E-state index in [2.05, 4.69) is 0 Å². The number of benzene rings is 2. The van der Waals surface area contributed by atoms with Crippen LogP contribution in [0, 0.1) is 11.8 Å². The molecule has 26 heavy (non-hydrogen) atoms. The van der Waals surface area contributed by atoms with E-state index in [0.717, 1.165) is 36.8 Å². The predicted octanol–water partition coefficient (Wildman–Crippen LogP) is 5.35. The Morgan fingerprint density at radius 3 is 2.19 bits per heavy atom. The molecule has 0 radical (unpaired) electrons. The standard InChI is InChI=1S/C22H21ClO3/c1-2-13-5-8-18(26-17-9-6-16(23)7-10-17)12-19(13)20-21(24)14-3-4-15(11-14)22(20)25/h5-10,12,14-15,20H,2-4,11H2,1H3/t14-,15+,20?. The number of rotatable bonds is 4. The number of aryl methyl sites for hydroxylation is 1. The highest BCUT2D eigenvalue weighted by molar-refractivity contribution is 6.30. The number of ketones is 2. The summed E-state index contributed by atoms with van der Waals surface area (Å²) < 4.78 is 5.92. The Morgan fingerprint density at radius 1 is 0.962 bits per heavy atom. The van der Waals surface area contributed by atoms with E-state index in [-0.39, 0.29) is 23.4 Å². The van der Waals surface area contributed by atoms with E-state index in [1.807, 2.05) is 25.1 Å². The van der Waals surface area contributed by atoms with Crippen LogP contribution >= 0.6 is 11.6 Å². The first-order valence-corrected chi connectivity index (χ1v) is 9.58. The zero-order valence-corrected chi connectivity index (χ0v) is 15.5. The number of halogens is 1. The molecule has 2 aliphatic carbocycles. The van der Waals surface area contributed by atoms with Crippen LogP contribution in [0.4, 0.5) is 0 Å². The molecule has 134 valence electrons. The van der Waals surface area contributed by atoms with E-state index in [1.54, 1.807) is 24.3 Å². The monoisotopic (exact) mass is 368 g/mol. The van der Waals surface area contributed by atoms with Crippen LogP contribution in [0.1, 0.15) is 43.2 Å². The van der Waals surface area contributed by atoms with Gasteiger partial charge in [-0.05, 0) is 73.2 Å². The SMILES string of the molecule is CCc1ccc(Oc2ccc(Cl)cc2)cc1C1C(=O)[C@@H]2CC[C@@H](C2)C1=O. The first-order chi connectivity index (χ1) is 12.6. The molecule has 3 nitrogen and oxygen atoms in total. The molecule has 3 atom stereocenters. The predicted molar refractivity (Wildman–Crippen MR) is 101 cm³/mol. The smallest absolute Gasteiger partial charge is 0.150 e. The van der Waals surface area contributed by atoms with E-state index >= 15 is 0 Å². The quantitative estimate of drug-likeness (QED) is 0.683. The van der Waals surface area contributed by atoms with E-state index in [4.69, 9.17) is 16.3 Å². The average Bonchev–Trinajstić information content (AvgIpc) is 3.10. The molecule has 0 amide bonds. The highest BCUT2D eigenvalue weighted by Gasteiger charge is 2.47. The zero-order valence-electron chi connectivity index (χ0n) is 14.7. The summed E-state index contributed by atoms with van der Waals surface area (Å²) >= 11 is 5.92. The molecule has 2 fully saturated rings. The molecular formula is C22H21ClO3. The van der Waals surface area contributed by atoms with Gasteiger partial charge in [0.2, 0.25) is 0 Å². The minimum Gasteiger partial charge on any atom is -0.457 e. The van der Waals surface area contributed by atoms with Crippen molar-refractivity contribution in [2.75, 3.05) is 0 Å². The summed E-state index contributed by atoms with van der Waals surface area (Å²) in [6.07, 6.45) is 3.24. The van der Waals surface area contributed by atoms with Gasteiger partial charge in [0.05, 0.1) is 0 Å². The van der Waals surface area contributed by atoms with Gasteiger partial charge in [-0.25, -0.2) is 0 Å². The van der Waals surface area contributed by atoms with E-state index < -0.39 is 5.92 Å². The first-order valence-electron chi connectivity index (χ1n) is 9.20. The van der Waals surface area contributed by atoms with Crippen molar-refractivity contribution in [1.82, 2.24) is 0 Å². The number of fused-ring (bicyclic) bond motifs is 2. The summed E-state index contributed by atoms with van der Waals surface area (Å²) in [6.45, 7) is 2.05. The van der Waals surface area contributed by atoms with Crippen LogP contribution in [0.25, 0.3) is 0 Å². The number of ether oxygens (including phenoxy) is 1. The van der Waals surface area contributed by atoms with Crippen molar-refractivity contribution in [1.29, 1.82) is 0 Å². The third-order valence-corrected chi connectivity index (χ3v) is 5.92. The lowest BCUT2D eigenvalue weighted by Crippen LogP contribution is -2.35. The van der Waals surface area contributed by atoms with Crippen molar-refractivity contribution in [2.45, 2.75) is 38.5 Å². The zero-order chi connectivity index (χ0) is 18.3. The Morgan fingerprint density at radius 2 is 1.58 bits per heavy atom. The lowest BCUT2D eigenvalue weighted by atomic mass is 9.74. The van der Waals surface area contributed by atoms with Crippen molar-refractivity contribution in [2.24, 2.45) is 11.8 Å². The molecule has 0 saturated heterocycles. The fraction of sp³-hybridized carbons (Fsp3) is 0.364. The minimum atomic E-state index is -0.620. The van der Waals surface area contributed by atoms with Gasteiger partial charge in [0.1, 0.15) is 17.4 Å². The van der Waals surface area contributed by atoms with Crippen molar-refractivity contribution < 1.29 is 14.3 Å². The molecule has 0 N–H and O–H groups in total. The molecule has 0 aliphatic heterocycles. The van der Waals surface area contributed by atoms with E-state index in [9.17, 15) is 9.59 Å². The lowest BCUT2D eigenvalue weighted by molar-refractivity contribution is -0.135. The first kappa shape index (κ1) is 17.3. The maximum absolute atomic E-state index is 12.9. The Bertz CT molecular complexity index is 834. The maximum Gasteiger partial charge on any atom is 0.150 e. The van der Waals surface area contributed by atoms with Gasteiger partial charge in [-0.3, -0.25) is 9.59 Å². The topological polar surface area (TPSA) is 43.4 Å². The third-order valence-electron chi connectivity index (χ3n) is 5.66. The van der Waals surface area contributed by atoms with Gasteiger partial charge in [-0.15, -0.1) is 0 Å². The highest BCUT2D eigenvalue weighted by Crippen LogP contribution is 2.45. The number of Topliss-reactive ketones (excluding diaryl/α,β-unsaturated/α-hetero) is 2. The second kappa shape index (κ2) is 6.88. The van der Waals surface area contributed by atoms with Gasteiger partial charge in [-0.2, -0.15) is 0 Å². The molecule has 0 aromatic heterocycles. The van der Waals surface area contributed by atoms with Crippen LogP contribution in [-0.2, 0) is 16.0 Å². The number of hydrogen-bond acceptors (Lipinski definition) is 3. The number of carbonyl (C=O) groups excluding carboxylic acids is 2. The summed E-state index contributed by atoms with van der Waals surface area (Å²) in [4.78, 5) is 25.8. The molecule has 2 saturated carbocycles. The van der Waals surface area contributed by atoms with Gasteiger partial charge in [0.25, 0.3) is 0 Å². The molecular weight excluding hydrogens is 348 g/mol. The maximum atomic E-state index is 12.9. The fourth-order valence-corrected chi connectivity index (χ4v) is 4.41. The molecule has 1 unspecified atom stereocenters. The molecule has 2 aliphatic rings. The Labute approximate surface area is 158 Å². The Balaban J connectivity index is 1.69. The fourth-order valence-electron chi connectivity index (χ4n) is 4.28. The Kier molecular flexibility index (Phi) is 4.58. The van der Waals surface area contributed by atoms with Crippen molar-refractivity contribution in [3.8, 4) is 11.5 Å². The van der Waals surface area contributed by atoms with Crippen LogP contribution in [0.2, 0.25) is 5.02 Å². The van der Waals surface area contributed by atoms with Gasteiger partial charge in [-0.1, -0.05) is 24.6 Å². The summed E-state index contributed by atoms with van der Waals surface area (Å²) in [7, 11) is 0. The molecule has 2 bridgehead atoms. The summed E-state index contributed by atoms with van der Waals surface area (Å²) in [5.74, 6) is 0.986. The van der Waals surface area contributed by atoms with Crippen LogP contribution in [0.15, 0.2) is 42.5 Å². The molecule has 0 spiro atoms.